The molecule has 0 radical (unpaired) electrons. The van der Waals surface area contributed by atoms with Gasteiger partial charge in [-0.3, -0.25) is 0 Å². The lowest BCUT2D eigenvalue weighted by molar-refractivity contribution is 0.164. The Labute approximate surface area is 137 Å². The van der Waals surface area contributed by atoms with Crippen LogP contribution in [0.3, 0.4) is 0 Å². The summed E-state index contributed by atoms with van der Waals surface area (Å²) >= 11 is 0. The Morgan fingerprint density at radius 1 is 1.04 bits per heavy atom. The van der Waals surface area contributed by atoms with Crippen molar-refractivity contribution >= 4 is 5.82 Å². The quantitative estimate of drug-likeness (QED) is 0.868. The molecule has 1 saturated heterocycles. The third-order valence-corrected chi connectivity index (χ3v) is 4.41. The first-order chi connectivity index (χ1) is 11.2. The number of anilines is 1. The molecular weight excluding hydrogens is 290 g/mol. The highest BCUT2D eigenvalue weighted by atomic mass is 16.5. The van der Waals surface area contributed by atoms with Crippen molar-refractivity contribution in [2.24, 2.45) is 0 Å². The number of benzene rings is 1. The first-order valence-electron chi connectivity index (χ1n) is 8.02. The molecular formula is C18H23N3O2. The third-order valence-electron chi connectivity index (χ3n) is 4.41. The van der Waals surface area contributed by atoms with Gasteiger partial charge in [0.15, 0.2) is 11.5 Å². The van der Waals surface area contributed by atoms with Gasteiger partial charge in [0.1, 0.15) is 18.2 Å². The Morgan fingerprint density at radius 2 is 1.74 bits per heavy atom. The first-order valence-corrected chi connectivity index (χ1v) is 8.02. The van der Waals surface area contributed by atoms with E-state index in [2.05, 4.69) is 21.8 Å². The van der Waals surface area contributed by atoms with E-state index in [0.717, 1.165) is 54.5 Å². The van der Waals surface area contributed by atoms with Crippen molar-refractivity contribution in [3.8, 4) is 11.5 Å². The second-order valence-electron chi connectivity index (χ2n) is 5.86. The predicted molar refractivity (Wildman–Crippen MR) is 90.4 cm³/mol. The Bertz CT molecular complexity index is 667. The molecule has 2 aromatic rings. The number of ether oxygens (including phenoxy) is 2. The molecule has 0 aliphatic carbocycles. The van der Waals surface area contributed by atoms with E-state index in [1.807, 2.05) is 31.2 Å². The Kier molecular flexibility index (Phi) is 4.65. The molecule has 5 heteroatoms. The Balaban J connectivity index is 1.63. The summed E-state index contributed by atoms with van der Waals surface area (Å²) in [5.41, 5.74) is 2.21. The Hall–Kier alpha value is -2.30. The molecule has 2 heterocycles. The molecule has 23 heavy (non-hydrogen) atoms. The van der Waals surface area contributed by atoms with Crippen LogP contribution in [0.15, 0.2) is 30.6 Å². The number of para-hydroxylation sites is 2. The van der Waals surface area contributed by atoms with Crippen molar-refractivity contribution in [1.29, 1.82) is 0 Å². The van der Waals surface area contributed by atoms with Crippen molar-refractivity contribution in [2.75, 3.05) is 25.1 Å². The minimum absolute atomic E-state index is 0.214. The zero-order valence-corrected chi connectivity index (χ0v) is 14.0. The lowest BCUT2D eigenvalue weighted by Crippen LogP contribution is -2.39. The number of aryl methyl sites for hydroxylation is 1. The van der Waals surface area contributed by atoms with E-state index < -0.39 is 0 Å². The summed E-state index contributed by atoms with van der Waals surface area (Å²) in [4.78, 5) is 11.0. The van der Waals surface area contributed by atoms with Crippen LogP contribution in [0.25, 0.3) is 0 Å². The zero-order valence-electron chi connectivity index (χ0n) is 14.0. The Morgan fingerprint density at radius 3 is 2.43 bits per heavy atom. The topological polar surface area (TPSA) is 47.5 Å². The molecule has 1 aliphatic heterocycles. The lowest BCUT2D eigenvalue weighted by atomic mass is 10.1. The predicted octanol–water partition coefficient (Wildman–Crippen LogP) is 3.15. The molecule has 5 nitrogen and oxygen atoms in total. The molecule has 1 aromatic heterocycles. The van der Waals surface area contributed by atoms with Crippen LogP contribution < -0.4 is 14.4 Å². The second-order valence-corrected chi connectivity index (χ2v) is 5.86. The molecule has 0 N–H and O–H groups in total. The van der Waals surface area contributed by atoms with Gasteiger partial charge in [0.25, 0.3) is 0 Å². The van der Waals surface area contributed by atoms with Crippen molar-refractivity contribution in [3.05, 3.63) is 41.9 Å². The van der Waals surface area contributed by atoms with E-state index in [9.17, 15) is 0 Å². The molecule has 0 saturated carbocycles. The summed E-state index contributed by atoms with van der Waals surface area (Å²) in [6, 6.07) is 7.81. The minimum Gasteiger partial charge on any atom is -0.493 e. The molecule has 3 rings (SSSR count). The number of nitrogens with zero attached hydrogens (tertiary/aromatic N) is 3. The summed E-state index contributed by atoms with van der Waals surface area (Å²) in [5, 5.41) is 0. The summed E-state index contributed by atoms with van der Waals surface area (Å²) < 4.78 is 11.5. The standard InChI is InChI=1S/C18H23N3O2/c1-13-14(2)19-12-20-18(13)21-10-8-15(9-11-21)23-17-7-5-4-6-16(17)22-3/h4-7,12,15H,8-11H2,1-3H3. The van der Waals surface area contributed by atoms with Crippen LogP contribution in [0, 0.1) is 13.8 Å². The van der Waals surface area contributed by atoms with Crippen LogP contribution in [0.4, 0.5) is 5.82 Å². The number of aromatic nitrogens is 2. The van der Waals surface area contributed by atoms with E-state index in [1.165, 1.54) is 0 Å². The van der Waals surface area contributed by atoms with E-state index in [0.29, 0.717) is 0 Å². The monoisotopic (exact) mass is 313 g/mol. The second kappa shape index (κ2) is 6.86. The molecule has 0 atom stereocenters. The maximum atomic E-state index is 6.13. The van der Waals surface area contributed by atoms with Gasteiger partial charge in [0, 0.05) is 37.2 Å². The number of hydrogen-bond donors (Lipinski definition) is 0. The molecule has 0 unspecified atom stereocenters. The SMILES string of the molecule is COc1ccccc1OC1CCN(c2ncnc(C)c2C)CC1. The van der Waals surface area contributed by atoms with Gasteiger partial charge in [-0.2, -0.15) is 0 Å². The van der Waals surface area contributed by atoms with Crippen molar-refractivity contribution in [1.82, 2.24) is 9.97 Å². The van der Waals surface area contributed by atoms with Gasteiger partial charge in [0.2, 0.25) is 0 Å². The van der Waals surface area contributed by atoms with Gasteiger partial charge >= 0.3 is 0 Å². The highest BCUT2D eigenvalue weighted by molar-refractivity contribution is 5.47. The van der Waals surface area contributed by atoms with Crippen LogP contribution in [-0.2, 0) is 0 Å². The van der Waals surface area contributed by atoms with E-state index in [4.69, 9.17) is 9.47 Å². The number of hydrogen-bond acceptors (Lipinski definition) is 5. The molecule has 1 aromatic carbocycles. The molecule has 1 aliphatic rings. The van der Waals surface area contributed by atoms with Gasteiger partial charge in [-0.05, 0) is 26.0 Å². The summed E-state index contributed by atoms with van der Waals surface area (Å²) in [7, 11) is 1.67. The lowest BCUT2D eigenvalue weighted by Gasteiger charge is -2.34. The average molecular weight is 313 g/mol. The molecule has 122 valence electrons. The van der Waals surface area contributed by atoms with Gasteiger partial charge in [-0.15, -0.1) is 0 Å². The van der Waals surface area contributed by atoms with Gasteiger partial charge in [0.05, 0.1) is 7.11 Å². The minimum atomic E-state index is 0.214. The summed E-state index contributed by atoms with van der Waals surface area (Å²) in [5.74, 6) is 2.66. The fourth-order valence-corrected chi connectivity index (χ4v) is 2.93. The molecule has 1 fully saturated rings. The van der Waals surface area contributed by atoms with Crippen molar-refractivity contribution < 1.29 is 9.47 Å². The van der Waals surface area contributed by atoms with Crippen LogP contribution in [0.2, 0.25) is 0 Å². The van der Waals surface area contributed by atoms with E-state index in [1.54, 1.807) is 13.4 Å². The van der Waals surface area contributed by atoms with Gasteiger partial charge in [-0.25, -0.2) is 9.97 Å². The highest BCUT2D eigenvalue weighted by Crippen LogP contribution is 2.30. The van der Waals surface area contributed by atoms with Crippen molar-refractivity contribution in [3.63, 3.8) is 0 Å². The highest BCUT2D eigenvalue weighted by Gasteiger charge is 2.23. The molecule has 0 bridgehead atoms. The summed E-state index contributed by atoms with van der Waals surface area (Å²) in [6.45, 7) is 5.99. The zero-order chi connectivity index (χ0) is 16.2. The van der Waals surface area contributed by atoms with Crippen LogP contribution in [0.1, 0.15) is 24.1 Å². The number of methoxy groups -OCH3 is 1. The largest absolute Gasteiger partial charge is 0.493 e. The molecule has 0 amide bonds. The fourth-order valence-electron chi connectivity index (χ4n) is 2.93. The van der Waals surface area contributed by atoms with Gasteiger partial charge < -0.3 is 14.4 Å². The normalized spacial score (nSPS) is 15.5. The molecule has 0 spiro atoms. The maximum absolute atomic E-state index is 6.13. The van der Waals surface area contributed by atoms with Gasteiger partial charge in [-0.1, -0.05) is 12.1 Å². The summed E-state index contributed by atoms with van der Waals surface area (Å²) in [6.07, 6.45) is 3.81. The van der Waals surface area contributed by atoms with E-state index >= 15 is 0 Å². The van der Waals surface area contributed by atoms with E-state index in [-0.39, 0.29) is 6.10 Å². The maximum Gasteiger partial charge on any atom is 0.161 e. The third kappa shape index (κ3) is 3.38. The van der Waals surface area contributed by atoms with Crippen molar-refractivity contribution in [2.45, 2.75) is 32.8 Å². The smallest absolute Gasteiger partial charge is 0.161 e. The number of rotatable bonds is 4. The fraction of sp³-hybridized carbons (Fsp3) is 0.444. The first kappa shape index (κ1) is 15.6. The van der Waals surface area contributed by atoms with Crippen LogP contribution in [-0.4, -0.2) is 36.3 Å². The average Bonchev–Trinajstić information content (AvgIpc) is 2.59. The number of piperidine rings is 1. The van der Waals surface area contributed by atoms with Crippen LogP contribution >= 0.6 is 0 Å². The van der Waals surface area contributed by atoms with Crippen LogP contribution in [0.5, 0.6) is 11.5 Å².